The van der Waals surface area contributed by atoms with Crippen LogP contribution in [0.5, 0.6) is 0 Å². The minimum Gasteiger partial charge on any atom is -0.309 e. The summed E-state index contributed by atoms with van der Waals surface area (Å²) in [4.78, 5) is 11.2. The maximum absolute atomic E-state index is 4.44. The Hall–Kier alpha value is -1.47. The van der Waals surface area contributed by atoms with Gasteiger partial charge in [-0.25, -0.2) is 9.97 Å². The van der Waals surface area contributed by atoms with Crippen LogP contribution in [0.15, 0.2) is 22.6 Å². The molecule has 0 aliphatic heterocycles. The lowest BCUT2D eigenvalue weighted by atomic mass is 10.3. The maximum atomic E-state index is 4.44. The Morgan fingerprint density at radius 3 is 2.95 bits per heavy atom. The lowest BCUT2D eigenvalue weighted by Crippen LogP contribution is -1.97. The number of aryl methyl sites for hydroxylation is 1. The maximum Gasteiger partial charge on any atom is 0.197 e. The van der Waals surface area contributed by atoms with Gasteiger partial charge in [0.05, 0.1) is 0 Å². The number of fused-ring (bicyclic) bond motifs is 1. The molecule has 7 heteroatoms. The van der Waals surface area contributed by atoms with Gasteiger partial charge < -0.3 is 4.57 Å². The third kappa shape index (κ3) is 2.34. The normalized spacial score (nSPS) is 15.0. The summed E-state index contributed by atoms with van der Waals surface area (Å²) in [6.45, 7) is 2.16. The van der Waals surface area contributed by atoms with E-state index in [1.54, 1.807) is 29.4 Å². The van der Waals surface area contributed by atoms with Crippen LogP contribution in [0, 0.1) is 0 Å². The summed E-state index contributed by atoms with van der Waals surface area (Å²) < 4.78 is 2.10. The van der Waals surface area contributed by atoms with Gasteiger partial charge in [0, 0.05) is 23.2 Å². The number of rotatable bonds is 4. The van der Waals surface area contributed by atoms with Gasteiger partial charge in [0.1, 0.15) is 22.0 Å². The van der Waals surface area contributed by atoms with Gasteiger partial charge in [-0.1, -0.05) is 6.92 Å². The molecule has 1 fully saturated rings. The average Bonchev–Trinajstić information content (AvgIpc) is 3.14. The predicted octanol–water partition coefficient (Wildman–Crippen LogP) is 3.41. The van der Waals surface area contributed by atoms with Crippen molar-refractivity contribution in [1.29, 1.82) is 0 Å². The zero-order valence-electron chi connectivity index (χ0n) is 11.9. The van der Waals surface area contributed by atoms with Gasteiger partial charge in [-0.2, -0.15) is 0 Å². The van der Waals surface area contributed by atoms with Crippen LogP contribution in [-0.4, -0.2) is 24.7 Å². The fourth-order valence-corrected chi connectivity index (χ4v) is 4.19. The monoisotopic (exact) mass is 317 g/mol. The Morgan fingerprint density at radius 1 is 1.33 bits per heavy atom. The average molecular weight is 317 g/mol. The molecule has 4 rings (SSSR count). The highest BCUT2D eigenvalue weighted by atomic mass is 32.2. The predicted molar refractivity (Wildman–Crippen MR) is 83.9 cm³/mol. The molecule has 0 bridgehead atoms. The van der Waals surface area contributed by atoms with E-state index < -0.39 is 0 Å². The molecule has 108 valence electrons. The minimum atomic E-state index is 0.607. The summed E-state index contributed by atoms with van der Waals surface area (Å²) in [5.41, 5.74) is 0. The van der Waals surface area contributed by atoms with Crippen LogP contribution in [0.1, 0.15) is 36.4 Å². The van der Waals surface area contributed by atoms with Crippen molar-refractivity contribution < 1.29 is 0 Å². The fourth-order valence-electron chi connectivity index (χ4n) is 2.34. The highest BCUT2D eigenvalue weighted by Gasteiger charge is 2.29. The first-order valence-corrected chi connectivity index (χ1v) is 8.70. The fraction of sp³-hybridized carbons (Fsp3) is 0.429. The summed E-state index contributed by atoms with van der Waals surface area (Å²) in [5, 5.41) is 11.6. The zero-order chi connectivity index (χ0) is 14.4. The van der Waals surface area contributed by atoms with Gasteiger partial charge in [-0.15, -0.1) is 21.5 Å². The number of aromatic nitrogens is 5. The molecule has 3 aromatic heterocycles. The van der Waals surface area contributed by atoms with Crippen molar-refractivity contribution >= 4 is 33.3 Å². The van der Waals surface area contributed by atoms with E-state index in [1.165, 1.54) is 17.7 Å². The topological polar surface area (TPSA) is 56.5 Å². The van der Waals surface area contributed by atoms with Gasteiger partial charge in [-0.05, 0) is 37.1 Å². The molecule has 0 aromatic carbocycles. The number of nitrogens with zero attached hydrogens (tertiary/aromatic N) is 5. The molecule has 0 unspecified atom stereocenters. The number of hydrogen-bond donors (Lipinski definition) is 0. The SMILES string of the molecule is CCc1cc2c(Sc3nnc(C4CC4)n3C)ncnc2s1. The van der Waals surface area contributed by atoms with E-state index in [0.717, 1.165) is 32.6 Å². The second-order valence-corrected chi connectivity index (χ2v) is 7.31. The Bertz CT molecular complexity index is 803. The first kappa shape index (κ1) is 13.2. The third-order valence-corrected chi connectivity index (χ3v) is 5.94. The standard InChI is InChI=1S/C14H15N5S2/c1-3-9-6-10-12(20-9)15-7-16-13(10)21-14-18-17-11(19(14)2)8-4-5-8/h6-8H,3-5H2,1-2H3. The van der Waals surface area contributed by atoms with E-state index in [2.05, 4.69) is 37.7 Å². The van der Waals surface area contributed by atoms with Gasteiger partial charge in [0.25, 0.3) is 0 Å². The largest absolute Gasteiger partial charge is 0.309 e. The Morgan fingerprint density at radius 2 is 2.19 bits per heavy atom. The second-order valence-electron chi connectivity index (χ2n) is 5.24. The van der Waals surface area contributed by atoms with E-state index in [-0.39, 0.29) is 0 Å². The highest BCUT2D eigenvalue weighted by molar-refractivity contribution is 7.99. The van der Waals surface area contributed by atoms with E-state index in [4.69, 9.17) is 0 Å². The molecule has 1 aliphatic carbocycles. The molecule has 0 atom stereocenters. The number of hydrogen-bond acceptors (Lipinski definition) is 6. The molecular weight excluding hydrogens is 302 g/mol. The minimum absolute atomic E-state index is 0.607. The van der Waals surface area contributed by atoms with E-state index in [0.29, 0.717) is 5.92 Å². The molecule has 0 N–H and O–H groups in total. The Labute approximate surface area is 130 Å². The quantitative estimate of drug-likeness (QED) is 0.690. The van der Waals surface area contributed by atoms with Crippen molar-refractivity contribution in [2.45, 2.75) is 42.3 Å². The van der Waals surface area contributed by atoms with Gasteiger partial charge in [0.2, 0.25) is 0 Å². The van der Waals surface area contributed by atoms with Crippen LogP contribution in [0.3, 0.4) is 0 Å². The first-order valence-electron chi connectivity index (χ1n) is 7.06. The Balaban J connectivity index is 1.72. The van der Waals surface area contributed by atoms with E-state index in [1.807, 2.05) is 7.05 Å². The van der Waals surface area contributed by atoms with Crippen molar-refractivity contribution in [2.24, 2.45) is 7.05 Å². The molecule has 0 saturated heterocycles. The smallest absolute Gasteiger partial charge is 0.197 e. The third-order valence-electron chi connectivity index (χ3n) is 3.69. The molecule has 3 aromatic rings. The summed E-state index contributed by atoms with van der Waals surface area (Å²) in [6.07, 6.45) is 5.14. The van der Waals surface area contributed by atoms with Crippen LogP contribution >= 0.6 is 23.1 Å². The van der Waals surface area contributed by atoms with Crippen LogP contribution in [0.25, 0.3) is 10.2 Å². The Kier molecular flexibility index (Phi) is 3.19. The molecule has 1 aliphatic rings. The molecule has 5 nitrogen and oxygen atoms in total. The van der Waals surface area contributed by atoms with Crippen molar-refractivity contribution in [2.75, 3.05) is 0 Å². The summed E-state index contributed by atoms with van der Waals surface area (Å²) in [6, 6.07) is 2.19. The van der Waals surface area contributed by atoms with Crippen molar-refractivity contribution in [3.05, 3.63) is 23.1 Å². The van der Waals surface area contributed by atoms with Crippen molar-refractivity contribution in [1.82, 2.24) is 24.7 Å². The number of thiophene rings is 1. The highest BCUT2D eigenvalue weighted by Crippen LogP contribution is 2.40. The van der Waals surface area contributed by atoms with Crippen LogP contribution < -0.4 is 0 Å². The first-order chi connectivity index (χ1) is 10.3. The van der Waals surface area contributed by atoms with Crippen LogP contribution in [0.2, 0.25) is 0 Å². The van der Waals surface area contributed by atoms with Gasteiger partial charge >= 0.3 is 0 Å². The van der Waals surface area contributed by atoms with Crippen LogP contribution in [-0.2, 0) is 13.5 Å². The van der Waals surface area contributed by atoms with Crippen molar-refractivity contribution in [3.63, 3.8) is 0 Å². The van der Waals surface area contributed by atoms with Crippen LogP contribution in [0.4, 0.5) is 0 Å². The van der Waals surface area contributed by atoms with Crippen molar-refractivity contribution in [3.8, 4) is 0 Å². The van der Waals surface area contributed by atoms with Gasteiger partial charge in [-0.3, -0.25) is 0 Å². The molecular formula is C14H15N5S2. The van der Waals surface area contributed by atoms with Gasteiger partial charge in [0.15, 0.2) is 5.16 Å². The molecule has 0 radical (unpaired) electrons. The molecule has 1 saturated carbocycles. The summed E-state index contributed by atoms with van der Waals surface area (Å²) >= 11 is 3.32. The molecule has 0 amide bonds. The lowest BCUT2D eigenvalue weighted by molar-refractivity contribution is 0.736. The lowest BCUT2D eigenvalue weighted by Gasteiger charge is -2.02. The molecule has 21 heavy (non-hydrogen) atoms. The summed E-state index contributed by atoms with van der Waals surface area (Å²) in [7, 11) is 2.04. The summed E-state index contributed by atoms with van der Waals surface area (Å²) in [5.74, 6) is 1.71. The molecule has 3 heterocycles. The second kappa shape index (κ2) is 5.06. The van der Waals surface area contributed by atoms with E-state index in [9.17, 15) is 0 Å². The molecule has 0 spiro atoms. The van der Waals surface area contributed by atoms with E-state index >= 15 is 0 Å². The zero-order valence-corrected chi connectivity index (χ0v) is 13.5.